The average Bonchev–Trinajstić information content (AvgIpc) is 3.53. The number of rotatable bonds is 3. The van der Waals surface area contributed by atoms with Crippen molar-refractivity contribution in [1.82, 2.24) is 9.88 Å². The van der Waals surface area contributed by atoms with Crippen molar-refractivity contribution in [2.24, 2.45) is 5.92 Å². The number of benzene rings is 1. The van der Waals surface area contributed by atoms with Crippen LogP contribution in [-0.2, 0) is 11.2 Å². The Morgan fingerprint density at radius 1 is 1.23 bits per heavy atom. The Morgan fingerprint density at radius 3 is 2.90 bits per heavy atom. The van der Waals surface area contributed by atoms with Gasteiger partial charge in [0.05, 0.1) is 28.4 Å². The summed E-state index contributed by atoms with van der Waals surface area (Å²) in [6, 6.07) is 7.93. The highest BCUT2D eigenvalue weighted by Gasteiger charge is 2.34. The van der Waals surface area contributed by atoms with Gasteiger partial charge in [-0.2, -0.15) is 0 Å². The first-order valence-corrected chi connectivity index (χ1v) is 11.2. The molecule has 1 fully saturated rings. The average molecular weight is 422 g/mol. The molecule has 1 unspecified atom stereocenters. The number of nitrogens with zero attached hydrogens (tertiary/aromatic N) is 3. The second kappa shape index (κ2) is 7.72. The summed E-state index contributed by atoms with van der Waals surface area (Å²) in [5.74, 6) is -0.108. The fourth-order valence-electron chi connectivity index (χ4n) is 4.44. The maximum Gasteiger partial charge on any atom is 0.257 e. The van der Waals surface area contributed by atoms with E-state index in [4.69, 9.17) is 4.42 Å². The third-order valence-electron chi connectivity index (χ3n) is 5.98. The van der Waals surface area contributed by atoms with Crippen molar-refractivity contribution in [1.29, 1.82) is 0 Å². The van der Waals surface area contributed by atoms with E-state index in [9.17, 15) is 9.59 Å². The van der Waals surface area contributed by atoms with Crippen LogP contribution in [0.4, 0.5) is 5.69 Å². The summed E-state index contributed by atoms with van der Waals surface area (Å²) >= 11 is 1.64. The minimum Gasteiger partial charge on any atom is -0.472 e. The summed E-state index contributed by atoms with van der Waals surface area (Å²) in [6.45, 7) is 3.85. The number of carbonyl (C=O) groups is 2. The topological polar surface area (TPSA) is 66.7 Å². The molecule has 2 aliphatic heterocycles. The molecular weight excluding hydrogens is 398 g/mol. The molecule has 1 aromatic carbocycles. The quantitative estimate of drug-likeness (QED) is 0.637. The van der Waals surface area contributed by atoms with Gasteiger partial charge in [0.2, 0.25) is 5.91 Å². The lowest BCUT2D eigenvalue weighted by Gasteiger charge is -2.34. The van der Waals surface area contributed by atoms with Crippen LogP contribution in [0.3, 0.4) is 0 Å². The van der Waals surface area contributed by atoms with Crippen molar-refractivity contribution >= 4 is 28.8 Å². The van der Waals surface area contributed by atoms with Crippen LogP contribution < -0.4 is 4.90 Å². The van der Waals surface area contributed by atoms with Crippen LogP contribution in [0, 0.1) is 12.8 Å². The molecule has 30 heavy (non-hydrogen) atoms. The molecule has 0 radical (unpaired) electrons. The first-order valence-electron chi connectivity index (χ1n) is 10.3. The number of hydrogen-bond donors (Lipinski definition) is 0. The van der Waals surface area contributed by atoms with Gasteiger partial charge in [0.25, 0.3) is 5.91 Å². The first kappa shape index (κ1) is 19.1. The highest BCUT2D eigenvalue weighted by atomic mass is 32.1. The van der Waals surface area contributed by atoms with Gasteiger partial charge in [0, 0.05) is 36.3 Å². The molecule has 1 atom stereocenters. The number of aromatic nitrogens is 1. The molecule has 154 valence electrons. The normalized spacial score (nSPS) is 18.5. The Hall–Kier alpha value is -2.93. The zero-order valence-corrected chi connectivity index (χ0v) is 17.7. The molecule has 0 spiro atoms. The van der Waals surface area contributed by atoms with Crippen LogP contribution >= 0.6 is 11.3 Å². The second-order valence-corrected chi connectivity index (χ2v) is 9.00. The van der Waals surface area contributed by atoms with Crippen LogP contribution in [0.25, 0.3) is 11.3 Å². The molecule has 0 N–H and O–H groups in total. The third-order valence-corrected chi connectivity index (χ3v) is 6.76. The SMILES string of the molecule is Cc1nc(-c2ccc3c(c2)CCN3C(=O)C2CCCN(C(=O)c3ccoc3)C2)cs1. The number of furan rings is 1. The van der Waals surface area contributed by atoms with Crippen molar-refractivity contribution in [3.05, 3.63) is 58.3 Å². The maximum atomic E-state index is 13.3. The molecule has 2 amide bonds. The largest absolute Gasteiger partial charge is 0.472 e. The van der Waals surface area contributed by atoms with E-state index < -0.39 is 0 Å². The van der Waals surface area contributed by atoms with Crippen LogP contribution in [0.5, 0.6) is 0 Å². The van der Waals surface area contributed by atoms with Crippen molar-refractivity contribution in [2.75, 3.05) is 24.5 Å². The van der Waals surface area contributed by atoms with Crippen LogP contribution in [0.2, 0.25) is 0 Å². The molecule has 5 rings (SSSR count). The van der Waals surface area contributed by atoms with Gasteiger partial charge >= 0.3 is 0 Å². The fourth-order valence-corrected chi connectivity index (χ4v) is 5.06. The van der Waals surface area contributed by atoms with E-state index in [0.29, 0.717) is 25.2 Å². The molecule has 2 aromatic heterocycles. The highest BCUT2D eigenvalue weighted by Crippen LogP contribution is 2.34. The minimum absolute atomic E-state index is 0.0636. The zero-order chi connectivity index (χ0) is 20.7. The van der Waals surface area contributed by atoms with Crippen LogP contribution in [0.15, 0.2) is 46.6 Å². The second-order valence-electron chi connectivity index (χ2n) is 7.94. The lowest BCUT2D eigenvalue weighted by Crippen LogP contribution is -2.46. The van der Waals surface area contributed by atoms with E-state index in [-0.39, 0.29) is 17.7 Å². The number of likely N-dealkylation sites (tertiary alicyclic amines) is 1. The summed E-state index contributed by atoms with van der Waals surface area (Å²) in [5.41, 5.74) is 4.81. The summed E-state index contributed by atoms with van der Waals surface area (Å²) in [5, 5.41) is 3.12. The van der Waals surface area contributed by atoms with Crippen molar-refractivity contribution < 1.29 is 14.0 Å². The van der Waals surface area contributed by atoms with Crippen molar-refractivity contribution in [2.45, 2.75) is 26.2 Å². The van der Waals surface area contributed by atoms with Crippen molar-refractivity contribution in [3.63, 3.8) is 0 Å². The van der Waals surface area contributed by atoms with Gasteiger partial charge in [-0.15, -0.1) is 11.3 Å². The molecule has 6 nitrogen and oxygen atoms in total. The first-order chi connectivity index (χ1) is 14.6. The number of piperidine rings is 1. The molecule has 0 aliphatic carbocycles. The molecule has 4 heterocycles. The molecule has 0 saturated carbocycles. The van der Waals surface area contributed by atoms with Crippen LogP contribution in [-0.4, -0.2) is 41.3 Å². The lowest BCUT2D eigenvalue weighted by atomic mass is 9.96. The van der Waals surface area contributed by atoms with E-state index in [1.165, 1.54) is 18.1 Å². The molecule has 7 heteroatoms. The van der Waals surface area contributed by atoms with Gasteiger partial charge in [0.1, 0.15) is 6.26 Å². The molecule has 2 aliphatic rings. The number of anilines is 1. The third kappa shape index (κ3) is 3.43. The van der Waals surface area contributed by atoms with E-state index in [1.54, 1.807) is 22.3 Å². The Labute approximate surface area is 179 Å². The molecular formula is C23H23N3O3S. The van der Waals surface area contributed by atoms with E-state index >= 15 is 0 Å². The smallest absolute Gasteiger partial charge is 0.257 e. The van der Waals surface area contributed by atoms with Gasteiger partial charge < -0.3 is 14.2 Å². The predicted octanol–water partition coefficient (Wildman–Crippen LogP) is 4.15. The zero-order valence-electron chi connectivity index (χ0n) is 16.8. The van der Waals surface area contributed by atoms with Gasteiger partial charge in [-0.25, -0.2) is 4.98 Å². The van der Waals surface area contributed by atoms with E-state index in [0.717, 1.165) is 41.2 Å². The molecule has 3 aromatic rings. The monoisotopic (exact) mass is 421 g/mol. The molecule has 0 bridgehead atoms. The predicted molar refractivity (Wildman–Crippen MR) is 116 cm³/mol. The Bertz CT molecular complexity index is 1090. The number of thiazole rings is 1. The molecule has 1 saturated heterocycles. The minimum atomic E-state index is -0.165. The van der Waals surface area contributed by atoms with Gasteiger partial charge in [-0.1, -0.05) is 6.07 Å². The Morgan fingerprint density at radius 2 is 2.13 bits per heavy atom. The number of amides is 2. The van der Waals surface area contributed by atoms with E-state index in [1.807, 2.05) is 17.9 Å². The Kier molecular flexibility index (Phi) is 4.90. The van der Waals surface area contributed by atoms with Gasteiger partial charge in [-0.3, -0.25) is 9.59 Å². The van der Waals surface area contributed by atoms with E-state index in [2.05, 4.69) is 22.5 Å². The maximum absolute atomic E-state index is 13.3. The van der Waals surface area contributed by atoms with Crippen molar-refractivity contribution in [3.8, 4) is 11.3 Å². The fraction of sp³-hybridized carbons (Fsp3) is 0.348. The summed E-state index contributed by atoms with van der Waals surface area (Å²) in [6.07, 6.45) is 5.47. The number of hydrogen-bond acceptors (Lipinski definition) is 5. The number of fused-ring (bicyclic) bond motifs is 1. The highest BCUT2D eigenvalue weighted by molar-refractivity contribution is 7.09. The van der Waals surface area contributed by atoms with Crippen LogP contribution in [0.1, 0.15) is 33.8 Å². The van der Waals surface area contributed by atoms with Gasteiger partial charge in [0.15, 0.2) is 0 Å². The lowest BCUT2D eigenvalue weighted by molar-refractivity contribution is -0.123. The summed E-state index contributed by atoms with van der Waals surface area (Å²) < 4.78 is 5.04. The van der Waals surface area contributed by atoms with Gasteiger partial charge in [-0.05, 0) is 49.9 Å². The summed E-state index contributed by atoms with van der Waals surface area (Å²) in [7, 11) is 0. The summed E-state index contributed by atoms with van der Waals surface area (Å²) in [4.78, 5) is 34.3. The Balaban J connectivity index is 1.32. The number of carbonyl (C=O) groups excluding carboxylic acids is 2. The number of aryl methyl sites for hydroxylation is 1. The standard InChI is InChI=1S/C23H23N3O3S/c1-15-24-20(14-30-15)16-4-5-21-17(11-16)6-9-26(21)23(28)18-3-2-8-25(12-18)22(27)19-7-10-29-13-19/h4-5,7,10-11,13-14,18H,2-3,6,8-9,12H2,1H3.